The van der Waals surface area contributed by atoms with Crippen molar-refractivity contribution in [2.45, 2.75) is 33.7 Å². The van der Waals surface area contributed by atoms with Crippen LogP contribution in [0.3, 0.4) is 0 Å². The van der Waals surface area contributed by atoms with Gasteiger partial charge in [0.25, 0.3) is 11.8 Å². The number of hydrogen-bond acceptors (Lipinski definition) is 4. The minimum Gasteiger partial charge on any atom is -0.393 e. The second kappa shape index (κ2) is 9.36. The van der Waals surface area contributed by atoms with Crippen molar-refractivity contribution in [2.75, 3.05) is 0 Å². The van der Waals surface area contributed by atoms with Crippen LogP contribution in [0.25, 0.3) is 0 Å². The topological polar surface area (TPSA) is 86.8 Å². The molecule has 0 aromatic heterocycles. The molecule has 2 heterocycles. The first kappa shape index (κ1) is 30.2. The molecule has 1 fully saturated rings. The lowest BCUT2D eigenvalue weighted by Crippen LogP contribution is -2.75. The van der Waals surface area contributed by atoms with E-state index in [1.54, 1.807) is 73.1 Å². The summed E-state index contributed by atoms with van der Waals surface area (Å²) in [6.07, 6.45) is 0. The number of benzene rings is 2. The summed E-state index contributed by atoms with van der Waals surface area (Å²) >= 11 is 5.82. The molecule has 1 atom stereocenters. The lowest BCUT2D eigenvalue weighted by atomic mass is 9.21. The highest BCUT2D eigenvalue weighted by Crippen LogP contribution is 2.55. The number of halogens is 3. The number of nitrogens with one attached hydrogen (secondary N) is 1. The monoisotopic (exact) mass is 557 g/mol. The number of fused-ring (bicyclic) bond motifs is 1. The minimum atomic E-state index is -3.79. The standard InChI is InChI=1S/C22H26B8ClF2N3O4/c23-19(24)15(38)34-16(39)20(25,22(19,28)29)35-8-9-7-11(3-6-13(9)14(35)37)21(26,27)36(30)17(40)18(32,33)10-1-4-12(31)5-2-10/h1-7H,8,23-30H2,(H,34,38,39)/t20-/m0/s1. The molecule has 7 nitrogen and oxygen atoms in total. The van der Waals surface area contributed by atoms with Crippen molar-refractivity contribution in [2.24, 2.45) is 0 Å². The first-order valence-electron chi connectivity index (χ1n) is 13.0. The number of nitrogens with zero attached hydrogens (tertiary/aromatic N) is 2. The smallest absolute Gasteiger partial charge is 0.348 e. The fourth-order valence-corrected chi connectivity index (χ4v) is 5.65. The third kappa shape index (κ3) is 4.10. The molecule has 4 rings (SSSR count). The van der Waals surface area contributed by atoms with Gasteiger partial charge in [0.05, 0.1) is 5.44 Å². The molecule has 0 bridgehead atoms. The lowest BCUT2D eigenvalue weighted by molar-refractivity contribution is -0.155. The molecule has 2 aliphatic heterocycles. The maximum Gasteiger partial charge on any atom is 0.348 e. The van der Waals surface area contributed by atoms with Gasteiger partial charge in [-0.2, -0.15) is 8.78 Å². The quantitative estimate of drug-likeness (QED) is 0.295. The molecule has 0 spiro atoms. The van der Waals surface area contributed by atoms with E-state index in [9.17, 15) is 19.2 Å². The van der Waals surface area contributed by atoms with Crippen molar-refractivity contribution in [3.63, 3.8) is 0 Å². The van der Waals surface area contributed by atoms with E-state index >= 15 is 8.78 Å². The minimum absolute atomic E-state index is 0.0777. The Labute approximate surface area is 244 Å². The van der Waals surface area contributed by atoms with Crippen LogP contribution < -0.4 is 5.32 Å². The van der Waals surface area contributed by atoms with Gasteiger partial charge in [-0.25, -0.2) is 0 Å². The van der Waals surface area contributed by atoms with Crippen LogP contribution in [-0.4, -0.2) is 102 Å². The summed E-state index contributed by atoms with van der Waals surface area (Å²) in [7, 11) is 13.4. The van der Waals surface area contributed by atoms with Crippen molar-refractivity contribution < 1.29 is 28.0 Å². The van der Waals surface area contributed by atoms with E-state index in [4.69, 9.17) is 11.6 Å². The maximum atomic E-state index is 15.2. The van der Waals surface area contributed by atoms with E-state index < -0.39 is 50.4 Å². The van der Waals surface area contributed by atoms with E-state index in [0.717, 1.165) is 16.9 Å². The Morgan fingerprint density at radius 1 is 0.950 bits per heavy atom. The van der Waals surface area contributed by atoms with Gasteiger partial charge in [0, 0.05) is 22.7 Å². The summed E-state index contributed by atoms with van der Waals surface area (Å²) < 4.78 is 30.4. The molecule has 0 saturated carbocycles. The molecular weight excluding hydrogens is 530 g/mol. The number of hydrogen-bond donors (Lipinski definition) is 1. The van der Waals surface area contributed by atoms with Crippen LogP contribution in [0.4, 0.5) is 8.78 Å². The van der Waals surface area contributed by atoms with Crippen LogP contribution >= 0.6 is 11.6 Å². The third-order valence-corrected chi connectivity index (χ3v) is 10.0. The molecule has 2 aliphatic rings. The van der Waals surface area contributed by atoms with Gasteiger partial charge < -0.3 is 9.71 Å². The van der Waals surface area contributed by atoms with Crippen LogP contribution in [0.1, 0.15) is 27.0 Å². The molecule has 0 aliphatic carbocycles. The van der Waals surface area contributed by atoms with Crippen molar-refractivity contribution in [3.05, 3.63) is 69.7 Å². The molecular formula is C22H26B8ClF2N3O4. The fourth-order valence-electron chi connectivity index (χ4n) is 5.52. The van der Waals surface area contributed by atoms with E-state index in [1.807, 2.05) is 0 Å². The Morgan fingerprint density at radius 2 is 1.50 bits per heavy atom. The van der Waals surface area contributed by atoms with Crippen LogP contribution in [0.2, 0.25) is 15.5 Å². The Hall–Kier alpha value is -2.81. The maximum absolute atomic E-state index is 15.2. The average molecular weight is 556 g/mol. The Bertz CT molecular complexity index is 1460. The van der Waals surface area contributed by atoms with Crippen LogP contribution in [0.5, 0.6) is 0 Å². The zero-order valence-electron chi connectivity index (χ0n) is 23.9. The summed E-state index contributed by atoms with van der Waals surface area (Å²) in [6, 6.07) is 9.79. The molecule has 4 amide bonds. The summed E-state index contributed by atoms with van der Waals surface area (Å²) in [4.78, 5) is 55.1. The van der Waals surface area contributed by atoms with Crippen molar-refractivity contribution in [1.82, 2.24) is 15.0 Å². The zero-order valence-corrected chi connectivity index (χ0v) is 24.7. The first-order valence-corrected chi connectivity index (χ1v) is 13.3. The summed E-state index contributed by atoms with van der Waals surface area (Å²) in [6.45, 7) is 0.0777. The van der Waals surface area contributed by atoms with Gasteiger partial charge in [-0.05, 0) is 39.9 Å². The average Bonchev–Trinajstić information content (AvgIpc) is 3.22. The predicted octanol–water partition coefficient (Wildman–Crippen LogP) is -5.41. The van der Waals surface area contributed by atoms with E-state index in [0.29, 0.717) is 16.7 Å². The van der Waals surface area contributed by atoms with Gasteiger partial charge in [0.15, 0.2) is 0 Å². The van der Waals surface area contributed by atoms with Gasteiger partial charge in [-0.1, -0.05) is 41.1 Å². The number of piperidine rings is 1. The van der Waals surface area contributed by atoms with E-state index in [-0.39, 0.29) is 17.5 Å². The van der Waals surface area contributed by atoms with E-state index in [2.05, 4.69) is 5.32 Å². The second-order valence-corrected chi connectivity index (χ2v) is 12.8. The van der Waals surface area contributed by atoms with Gasteiger partial charge in [-0.15, -0.1) is 0 Å². The number of amides is 4. The normalized spacial score (nSPS) is 22.0. The van der Waals surface area contributed by atoms with Gasteiger partial charge in [0.2, 0.25) is 19.8 Å². The molecule has 198 valence electrons. The second-order valence-electron chi connectivity index (χ2n) is 12.4. The zero-order chi connectivity index (χ0) is 30.2. The number of alkyl halides is 2. The van der Waals surface area contributed by atoms with Crippen LogP contribution in [0, 0.1) is 0 Å². The van der Waals surface area contributed by atoms with Crippen LogP contribution in [0.15, 0.2) is 42.5 Å². The highest BCUT2D eigenvalue weighted by atomic mass is 35.5. The molecule has 18 heteroatoms. The Balaban J connectivity index is 1.67. The van der Waals surface area contributed by atoms with Crippen LogP contribution in [-0.2, 0) is 32.2 Å². The van der Waals surface area contributed by atoms with Gasteiger partial charge in [0.1, 0.15) is 54.9 Å². The summed E-state index contributed by atoms with van der Waals surface area (Å²) in [5.41, 5.74) is -0.316. The molecule has 40 heavy (non-hydrogen) atoms. The third-order valence-electron chi connectivity index (χ3n) is 9.79. The van der Waals surface area contributed by atoms with Gasteiger partial charge in [-0.3, -0.25) is 24.5 Å². The molecule has 0 unspecified atom stereocenters. The Morgan fingerprint density at radius 3 is 2.08 bits per heavy atom. The number of imide groups is 1. The highest BCUT2D eigenvalue weighted by Gasteiger charge is 2.64. The molecule has 2 aromatic carbocycles. The fraction of sp³-hybridized carbons (Fsp3) is 0.273. The number of rotatable bonds is 5. The van der Waals surface area contributed by atoms with Gasteiger partial charge >= 0.3 is 5.92 Å². The largest absolute Gasteiger partial charge is 0.393 e. The molecule has 0 radical (unpaired) electrons. The number of carbonyl (C=O) groups is 4. The predicted molar refractivity (Wildman–Crippen MR) is 170 cm³/mol. The SMILES string of the molecule is BN(C(=O)C(F)(F)c1ccc(Cl)cc1)C(B)(B)c1ccc2c(c1)CN([C@@]1(B)C(=O)NC(=O)C(B)(B)C1(B)B)C2=O. The number of carbonyl (C=O) groups excluding carboxylic acids is 4. The lowest BCUT2D eigenvalue weighted by Gasteiger charge is -2.59. The Kier molecular flexibility index (Phi) is 7.06. The van der Waals surface area contributed by atoms with Crippen molar-refractivity contribution in [3.8, 4) is 0 Å². The molecule has 1 saturated heterocycles. The molecule has 1 N–H and O–H groups in total. The van der Waals surface area contributed by atoms with Crippen molar-refractivity contribution >= 4 is 98.1 Å². The molecule has 2 aromatic rings. The highest BCUT2D eigenvalue weighted by molar-refractivity contribution is 6.66. The van der Waals surface area contributed by atoms with Crippen molar-refractivity contribution in [1.29, 1.82) is 0 Å². The van der Waals surface area contributed by atoms with E-state index in [1.165, 1.54) is 25.0 Å². The first-order chi connectivity index (χ1) is 18.2. The summed E-state index contributed by atoms with van der Waals surface area (Å²) in [5.74, 6) is -6.51. The summed E-state index contributed by atoms with van der Waals surface area (Å²) in [5, 5.41) is -0.358.